The molecular weight excluding hydrogens is 396 g/mol. The highest BCUT2D eigenvalue weighted by molar-refractivity contribution is 5.92. The van der Waals surface area contributed by atoms with Crippen molar-refractivity contribution in [1.29, 1.82) is 0 Å². The van der Waals surface area contributed by atoms with Crippen molar-refractivity contribution in [3.63, 3.8) is 0 Å². The van der Waals surface area contributed by atoms with Crippen molar-refractivity contribution >= 4 is 28.4 Å². The normalized spacial score (nSPS) is 11.5. The van der Waals surface area contributed by atoms with E-state index in [2.05, 4.69) is 10.1 Å². The molecule has 3 aromatic carbocycles. The molecule has 0 saturated carbocycles. The maximum Gasteiger partial charge on any atom is 0.308 e. The summed E-state index contributed by atoms with van der Waals surface area (Å²) in [7, 11) is 3.10. The third-order valence-electron chi connectivity index (χ3n) is 4.80. The van der Waals surface area contributed by atoms with E-state index < -0.39 is 5.97 Å². The van der Waals surface area contributed by atoms with E-state index in [4.69, 9.17) is 14.0 Å². The Bertz CT molecular complexity index is 1280. The number of benzene rings is 3. The number of carboxylic acid groups (broad SMARTS) is 1. The fourth-order valence-corrected chi connectivity index (χ4v) is 3.30. The van der Waals surface area contributed by atoms with Crippen molar-refractivity contribution in [1.82, 2.24) is 10.1 Å². The van der Waals surface area contributed by atoms with Crippen molar-refractivity contribution in [2.24, 2.45) is 0 Å². The summed E-state index contributed by atoms with van der Waals surface area (Å²) in [4.78, 5) is 15.9. The molecule has 0 fully saturated rings. The first-order valence-electron chi connectivity index (χ1n) is 9.55. The zero-order valence-corrected chi connectivity index (χ0v) is 17.0. The van der Waals surface area contributed by atoms with Crippen LogP contribution in [0.5, 0.6) is 11.5 Å². The second-order valence-electron chi connectivity index (χ2n) is 6.84. The second kappa shape index (κ2) is 8.71. The molecule has 0 aliphatic carbocycles. The van der Waals surface area contributed by atoms with E-state index >= 15 is 0 Å². The molecule has 1 N–H and O–H groups in total. The van der Waals surface area contributed by atoms with Crippen molar-refractivity contribution in [3.8, 4) is 22.9 Å². The van der Waals surface area contributed by atoms with Crippen molar-refractivity contribution < 1.29 is 23.9 Å². The summed E-state index contributed by atoms with van der Waals surface area (Å²) >= 11 is 0. The number of nitrogens with zero attached hydrogens (tertiary/aromatic N) is 2. The summed E-state index contributed by atoms with van der Waals surface area (Å²) in [5, 5.41) is 15.6. The van der Waals surface area contributed by atoms with Crippen LogP contribution in [-0.4, -0.2) is 35.4 Å². The van der Waals surface area contributed by atoms with Gasteiger partial charge in [0.25, 0.3) is 5.89 Å². The predicted octanol–water partition coefficient (Wildman–Crippen LogP) is 4.92. The van der Waals surface area contributed by atoms with Crippen molar-refractivity contribution in [2.75, 3.05) is 14.2 Å². The minimum Gasteiger partial charge on any atom is -0.493 e. The number of methoxy groups -OCH3 is 2. The first-order chi connectivity index (χ1) is 15.1. The number of ether oxygens (including phenoxy) is 2. The van der Waals surface area contributed by atoms with Gasteiger partial charge in [-0.05, 0) is 46.7 Å². The number of hydrogen-bond acceptors (Lipinski definition) is 6. The van der Waals surface area contributed by atoms with E-state index in [9.17, 15) is 9.90 Å². The molecule has 1 heterocycles. The van der Waals surface area contributed by atoms with Gasteiger partial charge in [-0.15, -0.1) is 0 Å². The van der Waals surface area contributed by atoms with Gasteiger partial charge in [0.2, 0.25) is 5.82 Å². The summed E-state index contributed by atoms with van der Waals surface area (Å²) in [6.45, 7) is 0. The molecule has 0 unspecified atom stereocenters. The van der Waals surface area contributed by atoms with Crippen LogP contribution in [0.4, 0.5) is 0 Å². The zero-order chi connectivity index (χ0) is 21.8. The second-order valence-corrected chi connectivity index (χ2v) is 6.84. The lowest BCUT2D eigenvalue weighted by Gasteiger charge is -2.07. The van der Waals surface area contributed by atoms with E-state index in [-0.39, 0.29) is 12.3 Å². The summed E-state index contributed by atoms with van der Waals surface area (Å²) in [5.41, 5.74) is 1.93. The Hall–Kier alpha value is -4.13. The third kappa shape index (κ3) is 4.40. The van der Waals surface area contributed by atoms with Crippen LogP contribution >= 0.6 is 0 Å². The van der Waals surface area contributed by atoms with Crippen LogP contribution in [0.3, 0.4) is 0 Å². The Kier molecular flexibility index (Phi) is 5.66. The standard InChI is InChI=1S/C24H20N2O5/c1-29-20-10-9-18(13-21(20)30-2)23-25-24(31-26-23)19(14-22(27)28)12-15-7-8-16-5-3-4-6-17(16)11-15/h3-13H,14H2,1-2H3,(H,27,28)/b19-12+. The van der Waals surface area contributed by atoms with Gasteiger partial charge in [-0.25, -0.2) is 0 Å². The fraction of sp³-hybridized carbons (Fsp3) is 0.125. The van der Waals surface area contributed by atoms with Gasteiger partial charge in [0.15, 0.2) is 11.5 Å². The number of hydrogen-bond donors (Lipinski definition) is 1. The van der Waals surface area contributed by atoms with Crippen molar-refractivity contribution in [3.05, 3.63) is 72.1 Å². The predicted molar refractivity (Wildman–Crippen MR) is 117 cm³/mol. The molecule has 0 aliphatic heterocycles. The van der Waals surface area contributed by atoms with Gasteiger partial charge in [-0.1, -0.05) is 41.6 Å². The molecule has 0 atom stereocenters. The van der Waals surface area contributed by atoms with Crippen molar-refractivity contribution in [2.45, 2.75) is 6.42 Å². The Morgan fingerprint density at radius 3 is 2.52 bits per heavy atom. The molecular formula is C24H20N2O5. The number of aliphatic carboxylic acids is 1. The maximum atomic E-state index is 11.5. The lowest BCUT2D eigenvalue weighted by Crippen LogP contribution is -1.97. The highest BCUT2D eigenvalue weighted by Crippen LogP contribution is 2.32. The molecule has 7 heteroatoms. The summed E-state index contributed by atoms with van der Waals surface area (Å²) < 4.78 is 16.0. The first kappa shape index (κ1) is 20.2. The van der Waals surface area contributed by atoms with Crippen LogP contribution in [0.15, 0.2) is 65.2 Å². The van der Waals surface area contributed by atoms with Gasteiger partial charge in [0.1, 0.15) is 0 Å². The largest absolute Gasteiger partial charge is 0.493 e. The van der Waals surface area contributed by atoms with Gasteiger partial charge in [0.05, 0.1) is 20.6 Å². The number of rotatable bonds is 7. The summed E-state index contributed by atoms with van der Waals surface area (Å²) in [5.74, 6) is 0.602. The summed E-state index contributed by atoms with van der Waals surface area (Å²) in [6, 6.07) is 19.1. The van der Waals surface area contributed by atoms with E-state index in [1.54, 1.807) is 38.5 Å². The van der Waals surface area contributed by atoms with Crippen LogP contribution in [-0.2, 0) is 4.79 Å². The Labute approximate surface area is 178 Å². The molecule has 31 heavy (non-hydrogen) atoms. The van der Waals surface area contributed by atoms with Gasteiger partial charge in [0, 0.05) is 11.1 Å². The molecule has 0 aliphatic rings. The third-order valence-corrected chi connectivity index (χ3v) is 4.80. The first-order valence-corrected chi connectivity index (χ1v) is 9.55. The molecule has 0 saturated heterocycles. The minimum absolute atomic E-state index is 0.153. The molecule has 0 bridgehead atoms. The molecule has 4 rings (SSSR count). The highest BCUT2D eigenvalue weighted by Gasteiger charge is 2.17. The topological polar surface area (TPSA) is 94.7 Å². The minimum atomic E-state index is -0.988. The van der Waals surface area contributed by atoms with Gasteiger partial charge >= 0.3 is 5.97 Å². The number of aromatic nitrogens is 2. The summed E-state index contributed by atoms with van der Waals surface area (Å²) in [6.07, 6.45) is 1.51. The fourth-order valence-electron chi connectivity index (χ4n) is 3.30. The Morgan fingerprint density at radius 1 is 1.00 bits per heavy atom. The van der Waals surface area contributed by atoms with Gasteiger partial charge in [-0.2, -0.15) is 4.98 Å². The van der Waals surface area contributed by atoms with Crippen LogP contribution in [0.25, 0.3) is 33.8 Å². The molecule has 4 aromatic rings. The molecule has 7 nitrogen and oxygen atoms in total. The average molecular weight is 416 g/mol. The van der Waals surface area contributed by atoms with E-state index in [1.165, 1.54) is 0 Å². The monoisotopic (exact) mass is 416 g/mol. The van der Waals surface area contributed by atoms with Crippen LogP contribution < -0.4 is 9.47 Å². The van der Waals surface area contributed by atoms with E-state index in [0.717, 1.165) is 16.3 Å². The van der Waals surface area contributed by atoms with Crippen LogP contribution in [0.1, 0.15) is 17.9 Å². The quantitative estimate of drug-likeness (QED) is 0.457. The number of carbonyl (C=O) groups is 1. The van der Waals surface area contributed by atoms with Crippen LogP contribution in [0.2, 0.25) is 0 Å². The molecule has 156 valence electrons. The Balaban J connectivity index is 1.71. The number of carboxylic acids is 1. The van der Waals surface area contributed by atoms with Gasteiger partial charge in [-0.3, -0.25) is 4.79 Å². The number of fused-ring (bicyclic) bond motifs is 1. The average Bonchev–Trinajstić information content (AvgIpc) is 3.28. The molecule has 0 radical (unpaired) electrons. The van der Waals surface area contributed by atoms with E-state index in [0.29, 0.717) is 28.5 Å². The van der Waals surface area contributed by atoms with Gasteiger partial charge < -0.3 is 19.1 Å². The van der Waals surface area contributed by atoms with E-state index in [1.807, 2.05) is 42.5 Å². The molecule has 0 amide bonds. The molecule has 0 spiro atoms. The lowest BCUT2D eigenvalue weighted by molar-refractivity contribution is -0.135. The van der Waals surface area contributed by atoms with Crippen LogP contribution in [0, 0.1) is 0 Å². The highest BCUT2D eigenvalue weighted by atomic mass is 16.5. The lowest BCUT2D eigenvalue weighted by atomic mass is 10.0. The maximum absolute atomic E-state index is 11.5. The smallest absolute Gasteiger partial charge is 0.308 e. The SMILES string of the molecule is COc1ccc(-c2noc(/C(=C/c3ccc4ccccc4c3)CC(=O)O)n2)cc1OC. The Morgan fingerprint density at radius 2 is 1.77 bits per heavy atom. The zero-order valence-electron chi connectivity index (χ0n) is 17.0. The molecule has 1 aromatic heterocycles.